The van der Waals surface area contributed by atoms with Gasteiger partial charge in [-0.05, 0) is 19.5 Å². The number of aromatic carboxylic acids is 1. The molecule has 1 heterocycles. The van der Waals surface area contributed by atoms with Gasteiger partial charge in [0.25, 0.3) is 0 Å². The van der Waals surface area contributed by atoms with E-state index in [2.05, 4.69) is 22.5 Å². The lowest BCUT2D eigenvalue weighted by Crippen LogP contribution is -2.17. The second kappa shape index (κ2) is 6.86. The lowest BCUT2D eigenvalue weighted by atomic mass is 10.1. The van der Waals surface area contributed by atoms with Gasteiger partial charge in [-0.15, -0.1) is 0 Å². The molecule has 1 aromatic carbocycles. The molecule has 20 heavy (non-hydrogen) atoms. The van der Waals surface area contributed by atoms with Crippen LogP contribution < -0.4 is 10.6 Å². The molecule has 3 N–H and O–H groups in total. The molecule has 0 radical (unpaired) electrons. The second-order valence-corrected chi connectivity index (χ2v) is 4.51. The molecule has 0 saturated heterocycles. The van der Waals surface area contributed by atoms with E-state index in [0.29, 0.717) is 5.39 Å². The quantitative estimate of drug-likeness (QED) is 0.675. The predicted octanol–water partition coefficient (Wildman–Crippen LogP) is 2.34. The highest BCUT2D eigenvalue weighted by Crippen LogP contribution is 2.24. The summed E-state index contributed by atoms with van der Waals surface area (Å²) in [5, 5.41) is 17.3. The largest absolute Gasteiger partial charge is 0.478 e. The molecule has 0 atom stereocenters. The Balaban J connectivity index is 2.18. The van der Waals surface area contributed by atoms with Crippen molar-refractivity contribution in [2.24, 2.45) is 0 Å². The summed E-state index contributed by atoms with van der Waals surface area (Å²) in [6, 6.07) is 7.43. The van der Waals surface area contributed by atoms with Crippen LogP contribution >= 0.6 is 0 Å². The molecule has 5 heteroatoms. The molecule has 0 aliphatic heterocycles. The van der Waals surface area contributed by atoms with Crippen LogP contribution in [-0.4, -0.2) is 35.7 Å². The minimum atomic E-state index is -0.951. The van der Waals surface area contributed by atoms with Crippen LogP contribution in [0.15, 0.2) is 30.5 Å². The van der Waals surface area contributed by atoms with E-state index in [1.807, 2.05) is 24.3 Å². The number of hydrogen-bond acceptors (Lipinski definition) is 4. The van der Waals surface area contributed by atoms with E-state index < -0.39 is 5.97 Å². The first kappa shape index (κ1) is 14.3. The topological polar surface area (TPSA) is 74.2 Å². The van der Waals surface area contributed by atoms with E-state index in [1.165, 1.54) is 6.20 Å². The number of anilines is 1. The third kappa shape index (κ3) is 3.24. The van der Waals surface area contributed by atoms with Gasteiger partial charge in [-0.25, -0.2) is 9.78 Å². The third-order valence-electron chi connectivity index (χ3n) is 3.10. The maximum Gasteiger partial charge on any atom is 0.337 e. The molecule has 0 aliphatic carbocycles. The van der Waals surface area contributed by atoms with E-state index in [4.69, 9.17) is 0 Å². The Morgan fingerprint density at radius 2 is 2.00 bits per heavy atom. The number of aromatic nitrogens is 1. The predicted molar refractivity (Wildman–Crippen MR) is 80.4 cm³/mol. The average Bonchev–Trinajstić information content (AvgIpc) is 2.46. The maximum atomic E-state index is 11.2. The Labute approximate surface area is 118 Å². The number of rotatable bonds is 7. The van der Waals surface area contributed by atoms with Crippen molar-refractivity contribution in [2.45, 2.75) is 13.3 Å². The first-order chi connectivity index (χ1) is 9.74. The average molecular weight is 273 g/mol. The van der Waals surface area contributed by atoms with E-state index in [-0.39, 0.29) is 5.56 Å². The Kier molecular flexibility index (Phi) is 4.90. The van der Waals surface area contributed by atoms with Crippen molar-refractivity contribution in [1.29, 1.82) is 0 Å². The lowest BCUT2D eigenvalue weighted by molar-refractivity contribution is 0.0698. The van der Waals surface area contributed by atoms with Crippen molar-refractivity contribution in [2.75, 3.05) is 25.0 Å². The summed E-state index contributed by atoms with van der Waals surface area (Å²) in [5.41, 5.74) is 0.235. The molecule has 5 nitrogen and oxygen atoms in total. The molecule has 0 bridgehead atoms. The standard InChI is InChI=1S/C15H19N3O2/c1-2-16-8-5-9-17-14-12-7-4-3-6-11(12)13(10-18-14)15(19)20/h3-4,6-7,10,16H,2,5,8-9H2,1H3,(H,17,18)(H,19,20). The SMILES string of the molecule is CCNCCCNc1ncc(C(=O)O)c2ccccc12. The van der Waals surface area contributed by atoms with Gasteiger partial charge in [-0.1, -0.05) is 31.2 Å². The molecule has 0 aliphatic rings. The monoisotopic (exact) mass is 273 g/mol. The molecule has 0 saturated carbocycles. The van der Waals surface area contributed by atoms with E-state index >= 15 is 0 Å². The number of carboxylic acids is 1. The van der Waals surface area contributed by atoms with Crippen LogP contribution in [0.4, 0.5) is 5.82 Å². The van der Waals surface area contributed by atoms with Gasteiger partial charge in [-0.2, -0.15) is 0 Å². The van der Waals surface area contributed by atoms with Gasteiger partial charge in [0, 0.05) is 23.5 Å². The maximum absolute atomic E-state index is 11.2. The van der Waals surface area contributed by atoms with Crippen LogP contribution in [0.5, 0.6) is 0 Å². The normalized spacial score (nSPS) is 10.7. The van der Waals surface area contributed by atoms with E-state index in [9.17, 15) is 9.90 Å². The lowest BCUT2D eigenvalue weighted by Gasteiger charge is -2.10. The summed E-state index contributed by atoms with van der Waals surface area (Å²) in [6.07, 6.45) is 2.40. The van der Waals surface area contributed by atoms with Gasteiger partial charge in [0.15, 0.2) is 0 Å². The molecule has 1 aromatic heterocycles. The van der Waals surface area contributed by atoms with Gasteiger partial charge >= 0.3 is 5.97 Å². The summed E-state index contributed by atoms with van der Waals surface area (Å²) >= 11 is 0. The molecule has 0 amide bonds. The summed E-state index contributed by atoms with van der Waals surface area (Å²) in [4.78, 5) is 15.4. The van der Waals surface area contributed by atoms with Gasteiger partial charge in [0.2, 0.25) is 0 Å². The number of carbonyl (C=O) groups is 1. The first-order valence-electron chi connectivity index (χ1n) is 6.79. The van der Waals surface area contributed by atoms with Crippen LogP contribution in [-0.2, 0) is 0 Å². The highest BCUT2D eigenvalue weighted by molar-refractivity contribution is 6.06. The number of benzene rings is 1. The minimum Gasteiger partial charge on any atom is -0.478 e. The zero-order chi connectivity index (χ0) is 14.4. The fourth-order valence-electron chi connectivity index (χ4n) is 2.10. The fraction of sp³-hybridized carbons (Fsp3) is 0.333. The van der Waals surface area contributed by atoms with Crippen LogP contribution in [0, 0.1) is 0 Å². The summed E-state index contributed by atoms with van der Waals surface area (Å²) < 4.78 is 0. The molecule has 2 aromatic rings. The van der Waals surface area contributed by atoms with Crippen molar-refractivity contribution in [3.05, 3.63) is 36.0 Å². The van der Waals surface area contributed by atoms with Gasteiger partial charge < -0.3 is 15.7 Å². The first-order valence-corrected chi connectivity index (χ1v) is 6.79. The Bertz CT molecular complexity index is 599. The van der Waals surface area contributed by atoms with E-state index in [1.54, 1.807) is 0 Å². The highest BCUT2D eigenvalue weighted by Gasteiger charge is 2.11. The van der Waals surface area contributed by atoms with Crippen LogP contribution in [0.25, 0.3) is 10.8 Å². The third-order valence-corrected chi connectivity index (χ3v) is 3.10. The summed E-state index contributed by atoms with van der Waals surface area (Å²) in [7, 11) is 0. The number of carboxylic acid groups (broad SMARTS) is 1. The molecule has 2 rings (SSSR count). The fourth-order valence-corrected chi connectivity index (χ4v) is 2.10. The van der Waals surface area contributed by atoms with Crippen LogP contribution in [0.3, 0.4) is 0 Å². The number of hydrogen-bond donors (Lipinski definition) is 3. The van der Waals surface area contributed by atoms with Gasteiger partial charge in [-0.3, -0.25) is 0 Å². The summed E-state index contributed by atoms with van der Waals surface area (Å²) in [6.45, 7) is 4.80. The van der Waals surface area contributed by atoms with Crippen molar-refractivity contribution in [3.8, 4) is 0 Å². The number of nitrogens with zero attached hydrogens (tertiary/aromatic N) is 1. The molecular weight excluding hydrogens is 254 g/mol. The number of pyridine rings is 1. The van der Waals surface area contributed by atoms with Crippen LogP contribution in [0.2, 0.25) is 0 Å². The number of nitrogens with one attached hydrogen (secondary N) is 2. The molecule has 106 valence electrons. The highest BCUT2D eigenvalue weighted by atomic mass is 16.4. The zero-order valence-corrected chi connectivity index (χ0v) is 11.5. The number of fused-ring (bicyclic) bond motifs is 1. The molecular formula is C15H19N3O2. The second-order valence-electron chi connectivity index (χ2n) is 4.51. The zero-order valence-electron chi connectivity index (χ0n) is 11.5. The van der Waals surface area contributed by atoms with E-state index in [0.717, 1.165) is 37.3 Å². The Morgan fingerprint density at radius 1 is 1.25 bits per heavy atom. The Hall–Kier alpha value is -2.14. The smallest absolute Gasteiger partial charge is 0.337 e. The van der Waals surface area contributed by atoms with Crippen molar-refractivity contribution >= 4 is 22.6 Å². The van der Waals surface area contributed by atoms with Crippen molar-refractivity contribution in [1.82, 2.24) is 10.3 Å². The summed E-state index contributed by atoms with van der Waals surface area (Å²) in [5.74, 6) is -0.213. The molecule has 0 unspecified atom stereocenters. The van der Waals surface area contributed by atoms with Crippen molar-refractivity contribution in [3.63, 3.8) is 0 Å². The molecule has 0 spiro atoms. The van der Waals surface area contributed by atoms with Crippen LogP contribution in [0.1, 0.15) is 23.7 Å². The van der Waals surface area contributed by atoms with Crippen molar-refractivity contribution < 1.29 is 9.90 Å². The van der Waals surface area contributed by atoms with Gasteiger partial charge in [0.1, 0.15) is 5.82 Å². The Morgan fingerprint density at radius 3 is 2.70 bits per heavy atom. The molecule has 0 fully saturated rings. The minimum absolute atomic E-state index is 0.235. The van der Waals surface area contributed by atoms with Gasteiger partial charge in [0.05, 0.1) is 5.56 Å².